The second-order valence-corrected chi connectivity index (χ2v) is 8.02. The summed E-state index contributed by atoms with van der Waals surface area (Å²) in [5.74, 6) is -0.477. The molecule has 0 saturated carbocycles. The molecule has 6 heteroatoms. The van der Waals surface area contributed by atoms with Crippen molar-refractivity contribution in [3.8, 4) is 0 Å². The van der Waals surface area contributed by atoms with Gasteiger partial charge in [-0.25, -0.2) is 12.8 Å². The van der Waals surface area contributed by atoms with Crippen molar-refractivity contribution >= 4 is 10.0 Å². The van der Waals surface area contributed by atoms with Gasteiger partial charge in [0.15, 0.2) is 0 Å². The smallest absolute Gasteiger partial charge is 0.218 e. The van der Waals surface area contributed by atoms with Crippen LogP contribution in [0, 0.1) is 12.7 Å². The van der Waals surface area contributed by atoms with Crippen molar-refractivity contribution in [2.45, 2.75) is 18.3 Å². The zero-order valence-corrected chi connectivity index (χ0v) is 13.6. The second kappa shape index (κ2) is 5.70. The van der Waals surface area contributed by atoms with Crippen LogP contribution in [0.25, 0.3) is 0 Å². The van der Waals surface area contributed by atoms with Gasteiger partial charge in [-0.05, 0) is 30.2 Å². The highest BCUT2D eigenvalue weighted by Gasteiger charge is 2.47. The molecule has 3 rings (SSSR count). The van der Waals surface area contributed by atoms with Crippen LogP contribution in [-0.4, -0.2) is 30.9 Å². The van der Waals surface area contributed by atoms with Crippen LogP contribution in [0.2, 0.25) is 0 Å². The Labute approximate surface area is 135 Å². The molecule has 0 radical (unpaired) electrons. The Morgan fingerprint density at radius 3 is 2.43 bits per heavy atom. The molecule has 0 aliphatic carbocycles. The van der Waals surface area contributed by atoms with Gasteiger partial charge in [0, 0.05) is 13.1 Å². The fourth-order valence-corrected chi connectivity index (χ4v) is 4.38. The number of aryl methyl sites for hydroxylation is 1. The summed E-state index contributed by atoms with van der Waals surface area (Å²) in [4.78, 5) is 0. The molecule has 23 heavy (non-hydrogen) atoms. The van der Waals surface area contributed by atoms with Gasteiger partial charge in [0.05, 0.1) is 5.75 Å². The molecule has 0 bridgehead atoms. The summed E-state index contributed by atoms with van der Waals surface area (Å²) in [6.07, 6.45) is 0. The van der Waals surface area contributed by atoms with E-state index in [9.17, 15) is 17.9 Å². The minimum absolute atomic E-state index is 0.00716. The Hall–Kier alpha value is -1.76. The molecule has 0 unspecified atom stereocenters. The number of halogens is 1. The second-order valence-electron chi connectivity index (χ2n) is 6.05. The van der Waals surface area contributed by atoms with Gasteiger partial charge >= 0.3 is 0 Å². The average Bonchev–Trinajstić information content (AvgIpc) is 2.44. The Balaban J connectivity index is 1.71. The molecule has 0 atom stereocenters. The summed E-state index contributed by atoms with van der Waals surface area (Å²) in [6.45, 7) is 1.90. The van der Waals surface area contributed by atoms with Gasteiger partial charge in [-0.15, -0.1) is 0 Å². The summed E-state index contributed by atoms with van der Waals surface area (Å²) in [5, 5.41) is 10.5. The molecule has 1 heterocycles. The van der Waals surface area contributed by atoms with Crippen LogP contribution >= 0.6 is 0 Å². The topological polar surface area (TPSA) is 57.6 Å². The van der Waals surface area contributed by atoms with E-state index in [0.29, 0.717) is 5.56 Å². The maximum Gasteiger partial charge on any atom is 0.218 e. The molecule has 0 spiro atoms. The number of sulfonamides is 1. The number of β-amino-alcohol motifs (C(OH)–C–C–N with tert-alkyl or cyclic N) is 1. The fraction of sp³-hybridized carbons (Fsp3) is 0.294. The molecule has 2 aromatic carbocycles. The Bertz CT molecular complexity index is 812. The van der Waals surface area contributed by atoms with Crippen LogP contribution in [0.4, 0.5) is 4.39 Å². The van der Waals surface area contributed by atoms with E-state index in [1.54, 1.807) is 6.07 Å². The third-order valence-electron chi connectivity index (χ3n) is 4.08. The SMILES string of the molecule is Cc1cccc(CS(=O)(=O)N2CC(O)(c3ccc(F)cc3)C2)c1. The highest BCUT2D eigenvalue weighted by molar-refractivity contribution is 7.88. The summed E-state index contributed by atoms with van der Waals surface area (Å²) < 4.78 is 39.1. The molecular weight excluding hydrogens is 317 g/mol. The molecule has 0 aromatic heterocycles. The zero-order chi connectivity index (χ0) is 16.7. The van der Waals surface area contributed by atoms with Crippen LogP contribution in [0.3, 0.4) is 0 Å². The van der Waals surface area contributed by atoms with Crippen molar-refractivity contribution in [2.75, 3.05) is 13.1 Å². The number of rotatable bonds is 4. The lowest BCUT2D eigenvalue weighted by molar-refractivity contribution is -0.0649. The first kappa shape index (κ1) is 16.1. The molecule has 1 aliphatic heterocycles. The van der Waals surface area contributed by atoms with E-state index < -0.39 is 15.6 Å². The zero-order valence-electron chi connectivity index (χ0n) is 12.7. The Kier molecular flexibility index (Phi) is 4.00. The largest absolute Gasteiger partial charge is 0.382 e. The van der Waals surface area contributed by atoms with Gasteiger partial charge in [-0.1, -0.05) is 42.0 Å². The van der Waals surface area contributed by atoms with Crippen molar-refractivity contribution in [3.05, 3.63) is 71.0 Å². The summed E-state index contributed by atoms with van der Waals surface area (Å²) in [7, 11) is -3.48. The van der Waals surface area contributed by atoms with E-state index in [-0.39, 0.29) is 24.7 Å². The van der Waals surface area contributed by atoms with Crippen molar-refractivity contribution in [1.82, 2.24) is 4.31 Å². The predicted octanol–water partition coefficient (Wildman–Crippen LogP) is 2.17. The van der Waals surface area contributed by atoms with Crippen LogP contribution in [0.1, 0.15) is 16.7 Å². The maximum atomic E-state index is 12.9. The minimum Gasteiger partial charge on any atom is -0.382 e. The first-order chi connectivity index (χ1) is 10.8. The van der Waals surface area contributed by atoms with E-state index in [1.807, 2.05) is 25.1 Å². The van der Waals surface area contributed by atoms with E-state index in [0.717, 1.165) is 11.1 Å². The molecule has 1 aliphatic rings. The third kappa shape index (κ3) is 3.29. The fourth-order valence-electron chi connectivity index (χ4n) is 2.78. The predicted molar refractivity (Wildman–Crippen MR) is 85.7 cm³/mol. The molecule has 1 N–H and O–H groups in total. The van der Waals surface area contributed by atoms with E-state index >= 15 is 0 Å². The van der Waals surface area contributed by atoms with E-state index in [1.165, 1.54) is 28.6 Å². The lowest BCUT2D eigenvalue weighted by Crippen LogP contribution is -2.61. The third-order valence-corrected chi connectivity index (χ3v) is 5.83. The van der Waals surface area contributed by atoms with Crippen molar-refractivity contribution in [1.29, 1.82) is 0 Å². The number of hydrogen-bond donors (Lipinski definition) is 1. The monoisotopic (exact) mass is 335 g/mol. The lowest BCUT2D eigenvalue weighted by Gasteiger charge is -2.45. The molecule has 0 amide bonds. The minimum atomic E-state index is -3.48. The van der Waals surface area contributed by atoms with E-state index in [2.05, 4.69) is 0 Å². The normalized spacial score (nSPS) is 17.7. The summed E-state index contributed by atoms with van der Waals surface area (Å²) in [6, 6.07) is 12.8. The molecule has 4 nitrogen and oxygen atoms in total. The first-order valence-electron chi connectivity index (χ1n) is 7.30. The molecule has 122 valence electrons. The van der Waals surface area contributed by atoms with Crippen LogP contribution < -0.4 is 0 Å². The highest BCUT2D eigenvalue weighted by atomic mass is 32.2. The van der Waals surface area contributed by atoms with Gasteiger partial charge in [0.2, 0.25) is 10.0 Å². The van der Waals surface area contributed by atoms with E-state index in [4.69, 9.17) is 0 Å². The molecule has 2 aromatic rings. The van der Waals surface area contributed by atoms with Crippen LogP contribution in [-0.2, 0) is 21.4 Å². The van der Waals surface area contributed by atoms with Crippen LogP contribution in [0.5, 0.6) is 0 Å². The van der Waals surface area contributed by atoms with Crippen molar-refractivity contribution in [2.24, 2.45) is 0 Å². The first-order valence-corrected chi connectivity index (χ1v) is 8.91. The standard InChI is InChI=1S/C17H18FNO3S/c1-13-3-2-4-14(9-13)10-23(21,22)19-11-17(20,12-19)15-5-7-16(18)8-6-15/h2-9,20H,10-12H2,1H3. The number of aliphatic hydroxyl groups is 1. The number of benzene rings is 2. The number of nitrogens with zero attached hydrogens (tertiary/aromatic N) is 1. The summed E-state index contributed by atoms with van der Waals surface area (Å²) in [5.41, 5.74) is 1.01. The Morgan fingerprint density at radius 2 is 1.83 bits per heavy atom. The highest BCUT2D eigenvalue weighted by Crippen LogP contribution is 2.34. The quantitative estimate of drug-likeness (QED) is 0.932. The van der Waals surface area contributed by atoms with Gasteiger partial charge in [0.25, 0.3) is 0 Å². The Morgan fingerprint density at radius 1 is 1.17 bits per heavy atom. The molecule has 1 saturated heterocycles. The molecular formula is C17H18FNO3S. The van der Waals surface area contributed by atoms with Crippen LogP contribution in [0.15, 0.2) is 48.5 Å². The molecule has 1 fully saturated rings. The van der Waals surface area contributed by atoms with Gasteiger partial charge in [-0.2, -0.15) is 4.31 Å². The van der Waals surface area contributed by atoms with Gasteiger partial charge in [-0.3, -0.25) is 0 Å². The lowest BCUT2D eigenvalue weighted by atomic mass is 9.88. The van der Waals surface area contributed by atoms with Crippen molar-refractivity contribution < 1.29 is 17.9 Å². The number of hydrogen-bond acceptors (Lipinski definition) is 3. The van der Waals surface area contributed by atoms with Gasteiger partial charge in [0.1, 0.15) is 11.4 Å². The maximum absolute atomic E-state index is 12.9. The van der Waals surface area contributed by atoms with Crippen molar-refractivity contribution in [3.63, 3.8) is 0 Å². The summed E-state index contributed by atoms with van der Waals surface area (Å²) >= 11 is 0. The average molecular weight is 335 g/mol. The van der Waals surface area contributed by atoms with Gasteiger partial charge < -0.3 is 5.11 Å².